The Labute approximate surface area is 124 Å². The maximum absolute atomic E-state index is 12.4. The molecule has 7 heteroatoms. The summed E-state index contributed by atoms with van der Waals surface area (Å²) < 4.78 is 37.7. The lowest BCUT2D eigenvalue weighted by Crippen LogP contribution is -2.23. The molecule has 0 aliphatic heterocycles. The summed E-state index contributed by atoms with van der Waals surface area (Å²) in [6, 6.07) is 6.48. The summed E-state index contributed by atoms with van der Waals surface area (Å²) in [7, 11) is -2.33. The molecular weight excluding hydrogens is 292 g/mol. The van der Waals surface area contributed by atoms with Gasteiger partial charge in [-0.05, 0) is 43.7 Å². The third kappa shape index (κ3) is 3.37. The molecule has 114 valence electrons. The highest BCUT2D eigenvalue weighted by Gasteiger charge is 2.21. The van der Waals surface area contributed by atoms with Crippen molar-refractivity contribution in [2.45, 2.75) is 25.3 Å². The molecule has 1 heterocycles. The van der Waals surface area contributed by atoms with Crippen LogP contribution in [0, 0.1) is 13.8 Å². The number of hydrogen-bond acceptors (Lipinski definition) is 5. The van der Waals surface area contributed by atoms with E-state index in [9.17, 15) is 8.42 Å². The Hall–Kier alpha value is -1.99. The summed E-state index contributed by atoms with van der Waals surface area (Å²) in [5.74, 6) is 1.52. The molecule has 0 unspecified atom stereocenters. The van der Waals surface area contributed by atoms with Crippen molar-refractivity contribution in [2.24, 2.45) is 0 Å². The van der Waals surface area contributed by atoms with Crippen LogP contribution in [0.15, 0.2) is 33.6 Å². The Morgan fingerprint density at radius 1 is 1.29 bits per heavy atom. The zero-order chi connectivity index (χ0) is 15.6. The summed E-state index contributed by atoms with van der Waals surface area (Å²) in [6.07, 6.45) is 0. The lowest BCUT2D eigenvalue weighted by molar-refractivity contribution is 0.402. The molecule has 0 saturated carbocycles. The van der Waals surface area contributed by atoms with Crippen molar-refractivity contribution in [3.8, 4) is 5.75 Å². The molecule has 0 aliphatic rings. The third-order valence-electron chi connectivity index (χ3n) is 3.07. The minimum Gasteiger partial charge on any atom is -0.495 e. The fourth-order valence-electron chi connectivity index (χ4n) is 1.87. The van der Waals surface area contributed by atoms with Crippen molar-refractivity contribution in [3.63, 3.8) is 0 Å². The molecule has 0 aliphatic carbocycles. The van der Waals surface area contributed by atoms with E-state index in [1.165, 1.54) is 13.2 Å². The third-order valence-corrected chi connectivity index (χ3v) is 4.50. The van der Waals surface area contributed by atoms with E-state index in [-0.39, 0.29) is 17.2 Å². The Balaban J connectivity index is 2.28. The number of nitrogens with two attached hydrogens (primary N) is 1. The Morgan fingerprint density at radius 3 is 2.57 bits per heavy atom. The van der Waals surface area contributed by atoms with E-state index < -0.39 is 10.0 Å². The molecule has 0 spiro atoms. The predicted octanol–water partition coefficient (Wildman–Crippen LogP) is 1.97. The first-order valence-electron chi connectivity index (χ1n) is 6.32. The summed E-state index contributed by atoms with van der Waals surface area (Å²) >= 11 is 0. The van der Waals surface area contributed by atoms with E-state index in [4.69, 9.17) is 14.9 Å². The highest BCUT2D eigenvalue weighted by molar-refractivity contribution is 7.89. The first-order valence-corrected chi connectivity index (χ1v) is 7.81. The van der Waals surface area contributed by atoms with Crippen LogP contribution in [0.2, 0.25) is 0 Å². The van der Waals surface area contributed by atoms with Gasteiger partial charge in [-0.1, -0.05) is 0 Å². The summed E-state index contributed by atoms with van der Waals surface area (Å²) in [5.41, 5.74) is 6.94. The van der Waals surface area contributed by atoms with Crippen LogP contribution in [-0.4, -0.2) is 15.5 Å². The highest BCUT2D eigenvalue weighted by atomic mass is 32.2. The van der Waals surface area contributed by atoms with Crippen molar-refractivity contribution >= 4 is 15.7 Å². The number of nitrogen functional groups attached to an aromatic ring is 1. The van der Waals surface area contributed by atoms with E-state index >= 15 is 0 Å². The van der Waals surface area contributed by atoms with Gasteiger partial charge < -0.3 is 14.9 Å². The van der Waals surface area contributed by atoms with Crippen LogP contribution in [0.4, 0.5) is 5.69 Å². The number of benzene rings is 1. The van der Waals surface area contributed by atoms with Gasteiger partial charge in [-0.15, -0.1) is 0 Å². The van der Waals surface area contributed by atoms with Gasteiger partial charge in [0, 0.05) is 5.69 Å². The molecule has 0 saturated heterocycles. The standard InChI is InChI=1S/C14H18N2O4S/c1-9-6-13(19-3)14(7-12(9)15)21(17,18)16-8-11-5-4-10(2)20-11/h4-7,16H,8,15H2,1-3H3. The average molecular weight is 310 g/mol. The first-order chi connectivity index (χ1) is 9.83. The van der Waals surface area contributed by atoms with E-state index in [0.29, 0.717) is 11.4 Å². The van der Waals surface area contributed by atoms with E-state index in [1.54, 1.807) is 32.0 Å². The van der Waals surface area contributed by atoms with Crippen LogP contribution in [0.25, 0.3) is 0 Å². The number of sulfonamides is 1. The predicted molar refractivity (Wildman–Crippen MR) is 79.6 cm³/mol. The van der Waals surface area contributed by atoms with Gasteiger partial charge >= 0.3 is 0 Å². The SMILES string of the molecule is COc1cc(C)c(N)cc1S(=O)(=O)NCc1ccc(C)o1. The first kappa shape index (κ1) is 15.4. The maximum Gasteiger partial charge on any atom is 0.244 e. The highest BCUT2D eigenvalue weighted by Crippen LogP contribution is 2.28. The fourth-order valence-corrected chi connectivity index (χ4v) is 3.05. The molecule has 2 aromatic rings. The van der Waals surface area contributed by atoms with Gasteiger partial charge in [0.25, 0.3) is 0 Å². The molecule has 1 aromatic heterocycles. The quantitative estimate of drug-likeness (QED) is 0.823. The number of ether oxygens (including phenoxy) is 1. The number of nitrogens with one attached hydrogen (secondary N) is 1. The van der Waals surface area contributed by atoms with Crippen molar-refractivity contribution in [1.82, 2.24) is 4.72 Å². The minimum atomic E-state index is -3.75. The van der Waals surface area contributed by atoms with Crippen LogP contribution in [0.3, 0.4) is 0 Å². The van der Waals surface area contributed by atoms with Gasteiger partial charge in [-0.2, -0.15) is 0 Å². The second kappa shape index (κ2) is 5.79. The topological polar surface area (TPSA) is 94.6 Å². The lowest BCUT2D eigenvalue weighted by atomic mass is 10.2. The molecule has 1 aromatic carbocycles. The summed E-state index contributed by atoms with van der Waals surface area (Å²) in [6.45, 7) is 3.64. The van der Waals surface area contributed by atoms with Crippen LogP contribution < -0.4 is 15.2 Å². The number of aryl methyl sites for hydroxylation is 2. The zero-order valence-corrected chi connectivity index (χ0v) is 13.0. The molecule has 21 heavy (non-hydrogen) atoms. The molecule has 0 atom stereocenters. The number of rotatable bonds is 5. The second-order valence-corrected chi connectivity index (χ2v) is 6.43. The van der Waals surface area contributed by atoms with E-state index in [0.717, 1.165) is 11.3 Å². The number of furan rings is 1. The normalized spacial score (nSPS) is 11.6. The monoisotopic (exact) mass is 310 g/mol. The molecule has 0 fully saturated rings. The van der Waals surface area contributed by atoms with Gasteiger partial charge in [0.1, 0.15) is 22.2 Å². The average Bonchev–Trinajstić information content (AvgIpc) is 2.85. The Kier molecular flexibility index (Phi) is 4.24. The van der Waals surface area contributed by atoms with E-state index in [2.05, 4.69) is 4.72 Å². The molecule has 0 bridgehead atoms. The number of methoxy groups -OCH3 is 1. The van der Waals surface area contributed by atoms with Crippen molar-refractivity contribution in [1.29, 1.82) is 0 Å². The van der Waals surface area contributed by atoms with Gasteiger partial charge in [0.15, 0.2) is 0 Å². The Bertz CT molecular complexity index is 750. The second-order valence-electron chi connectivity index (χ2n) is 4.70. The fraction of sp³-hybridized carbons (Fsp3) is 0.286. The van der Waals surface area contributed by atoms with Crippen LogP contribution in [-0.2, 0) is 16.6 Å². The molecule has 2 rings (SSSR count). The van der Waals surface area contributed by atoms with Crippen molar-refractivity contribution < 1.29 is 17.6 Å². The van der Waals surface area contributed by atoms with Crippen molar-refractivity contribution in [3.05, 3.63) is 41.3 Å². The van der Waals surface area contributed by atoms with Gasteiger partial charge in [-0.25, -0.2) is 13.1 Å². The molecule has 6 nitrogen and oxygen atoms in total. The Morgan fingerprint density at radius 2 is 2.00 bits per heavy atom. The van der Waals surface area contributed by atoms with E-state index in [1.807, 2.05) is 0 Å². The largest absolute Gasteiger partial charge is 0.495 e. The number of hydrogen-bond donors (Lipinski definition) is 2. The molecule has 0 radical (unpaired) electrons. The van der Waals surface area contributed by atoms with Gasteiger partial charge in [0.05, 0.1) is 13.7 Å². The molecule has 0 amide bonds. The number of anilines is 1. The van der Waals surface area contributed by atoms with Gasteiger partial charge in [0.2, 0.25) is 10.0 Å². The lowest BCUT2D eigenvalue weighted by Gasteiger charge is -2.12. The van der Waals surface area contributed by atoms with Crippen LogP contribution in [0.5, 0.6) is 5.75 Å². The zero-order valence-electron chi connectivity index (χ0n) is 12.1. The molecule has 3 N–H and O–H groups in total. The van der Waals surface area contributed by atoms with Gasteiger partial charge in [-0.3, -0.25) is 0 Å². The van der Waals surface area contributed by atoms with Crippen molar-refractivity contribution in [2.75, 3.05) is 12.8 Å². The molecular formula is C14H18N2O4S. The maximum atomic E-state index is 12.4. The van der Waals surface area contributed by atoms with Crippen LogP contribution in [0.1, 0.15) is 17.1 Å². The minimum absolute atomic E-state index is 0.0105. The summed E-state index contributed by atoms with van der Waals surface area (Å²) in [5, 5.41) is 0. The van der Waals surface area contributed by atoms with Crippen LogP contribution >= 0.6 is 0 Å². The summed E-state index contributed by atoms with van der Waals surface area (Å²) in [4.78, 5) is 0.0105. The smallest absolute Gasteiger partial charge is 0.244 e.